The van der Waals surface area contributed by atoms with E-state index in [1.165, 1.54) is 10.4 Å². The van der Waals surface area contributed by atoms with Crippen LogP contribution in [0.1, 0.15) is 17.4 Å². The molecule has 21 heavy (non-hydrogen) atoms. The Labute approximate surface area is 128 Å². The predicted octanol–water partition coefficient (Wildman–Crippen LogP) is 1.36. The number of carboxylic acids is 1. The molecule has 0 aliphatic carbocycles. The molecule has 2 amide bonds. The zero-order chi connectivity index (χ0) is 15.4. The Balaban J connectivity index is 1.78. The summed E-state index contributed by atoms with van der Waals surface area (Å²) in [7, 11) is 0. The monoisotopic (exact) mass is 311 g/mol. The van der Waals surface area contributed by atoms with Crippen LogP contribution in [0.15, 0.2) is 11.4 Å². The minimum atomic E-state index is -0.818. The fourth-order valence-electron chi connectivity index (χ4n) is 2.32. The molecule has 0 aromatic carbocycles. The number of nitrogens with zero attached hydrogens (tertiary/aromatic N) is 2. The number of rotatable bonds is 4. The molecule has 1 aromatic heterocycles. The van der Waals surface area contributed by atoms with Gasteiger partial charge in [0.05, 0.1) is 6.54 Å². The molecule has 7 heteroatoms. The van der Waals surface area contributed by atoms with E-state index in [2.05, 4.69) is 5.32 Å². The minimum Gasteiger partial charge on any atom is -0.480 e. The second-order valence-corrected chi connectivity index (χ2v) is 6.22. The first-order valence-electron chi connectivity index (χ1n) is 7.01. The summed E-state index contributed by atoms with van der Waals surface area (Å²) in [6, 6.07) is 1.47. The summed E-state index contributed by atoms with van der Waals surface area (Å²) < 4.78 is 0. The maximum Gasteiger partial charge on any atom is 0.320 e. The molecule has 1 unspecified atom stereocenters. The zero-order valence-electron chi connectivity index (χ0n) is 12.3. The third-order valence-electron chi connectivity index (χ3n) is 3.87. The Morgan fingerprint density at radius 1 is 1.38 bits per heavy atom. The lowest BCUT2D eigenvalue weighted by Gasteiger charge is -2.36. The van der Waals surface area contributed by atoms with Crippen molar-refractivity contribution in [2.24, 2.45) is 0 Å². The van der Waals surface area contributed by atoms with E-state index in [0.717, 1.165) is 0 Å². The standard InChI is InChI=1S/C14H21N3O3S/c1-10-3-8-21-12(10)9-15-14(20)17-6-4-16(5-7-17)11(2)13(18)19/h3,8,11H,4-7,9H2,1-2H3,(H,15,20)(H,18,19). The molecule has 0 spiro atoms. The Hall–Kier alpha value is -1.60. The van der Waals surface area contributed by atoms with E-state index < -0.39 is 12.0 Å². The van der Waals surface area contributed by atoms with Crippen LogP contribution in [0.5, 0.6) is 0 Å². The molecule has 0 radical (unpaired) electrons. The highest BCUT2D eigenvalue weighted by molar-refractivity contribution is 7.10. The van der Waals surface area contributed by atoms with Gasteiger partial charge in [-0.05, 0) is 30.9 Å². The van der Waals surface area contributed by atoms with Gasteiger partial charge in [0.15, 0.2) is 0 Å². The van der Waals surface area contributed by atoms with Gasteiger partial charge in [0.2, 0.25) is 0 Å². The zero-order valence-corrected chi connectivity index (χ0v) is 13.2. The predicted molar refractivity (Wildman–Crippen MR) is 81.5 cm³/mol. The summed E-state index contributed by atoms with van der Waals surface area (Å²) in [6.07, 6.45) is 0. The van der Waals surface area contributed by atoms with Crippen LogP contribution >= 0.6 is 11.3 Å². The van der Waals surface area contributed by atoms with Crippen LogP contribution in [-0.2, 0) is 11.3 Å². The number of aryl methyl sites for hydroxylation is 1. The number of piperazine rings is 1. The largest absolute Gasteiger partial charge is 0.480 e. The van der Waals surface area contributed by atoms with E-state index in [0.29, 0.717) is 32.7 Å². The lowest BCUT2D eigenvalue weighted by molar-refractivity contribution is -0.143. The number of aliphatic carboxylic acids is 1. The van der Waals surface area contributed by atoms with Crippen molar-refractivity contribution >= 4 is 23.3 Å². The first kappa shape index (κ1) is 15.8. The quantitative estimate of drug-likeness (QED) is 0.880. The summed E-state index contributed by atoms with van der Waals surface area (Å²) in [5, 5.41) is 13.9. The molecule has 116 valence electrons. The van der Waals surface area contributed by atoms with Gasteiger partial charge in [-0.2, -0.15) is 0 Å². The van der Waals surface area contributed by atoms with Crippen LogP contribution < -0.4 is 5.32 Å². The lowest BCUT2D eigenvalue weighted by Crippen LogP contribution is -2.55. The molecule has 6 nitrogen and oxygen atoms in total. The van der Waals surface area contributed by atoms with E-state index in [-0.39, 0.29) is 6.03 Å². The second kappa shape index (κ2) is 6.91. The molecule has 1 aliphatic rings. The number of amides is 2. The van der Waals surface area contributed by atoms with Crippen LogP contribution in [0.25, 0.3) is 0 Å². The molecule has 1 fully saturated rings. The van der Waals surface area contributed by atoms with Gasteiger partial charge in [0.1, 0.15) is 6.04 Å². The number of hydrogen-bond donors (Lipinski definition) is 2. The van der Waals surface area contributed by atoms with Crippen LogP contribution in [0.4, 0.5) is 4.79 Å². The van der Waals surface area contributed by atoms with Gasteiger partial charge in [0.25, 0.3) is 0 Å². The highest BCUT2D eigenvalue weighted by atomic mass is 32.1. The maximum atomic E-state index is 12.1. The van der Waals surface area contributed by atoms with E-state index in [9.17, 15) is 9.59 Å². The van der Waals surface area contributed by atoms with Crippen molar-refractivity contribution in [1.82, 2.24) is 15.1 Å². The van der Waals surface area contributed by atoms with Gasteiger partial charge in [-0.15, -0.1) is 11.3 Å². The van der Waals surface area contributed by atoms with Crippen LogP contribution in [0.3, 0.4) is 0 Å². The molecule has 0 saturated carbocycles. The molecule has 1 saturated heterocycles. The Bertz CT molecular complexity index is 509. The molecule has 1 aliphatic heterocycles. The summed E-state index contributed by atoms with van der Waals surface area (Å²) in [4.78, 5) is 27.8. The van der Waals surface area contributed by atoms with Gasteiger partial charge in [-0.3, -0.25) is 9.69 Å². The first-order valence-corrected chi connectivity index (χ1v) is 7.89. The number of urea groups is 1. The van der Waals surface area contributed by atoms with Gasteiger partial charge in [-0.1, -0.05) is 0 Å². The molecular formula is C14H21N3O3S. The van der Waals surface area contributed by atoms with Crippen LogP contribution in [-0.4, -0.2) is 59.1 Å². The molecular weight excluding hydrogens is 290 g/mol. The van der Waals surface area contributed by atoms with Crippen molar-refractivity contribution in [3.05, 3.63) is 21.9 Å². The highest BCUT2D eigenvalue weighted by Gasteiger charge is 2.27. The third-order valence-corrected chi connectivity index (χ3v) is 4.90. The van der Waals surface area contributed by atoms with Crippen molar-refractivity contribution in [2.75, 3.05) is 26.2 Å². The van der Waals surface area contributed by atoms with Crippen LogP contribution in [0.2, 0.25) is 0 Å². The summed E-state index contributed by atoms with van der Waals surface area (Å²) >= 11 is 1.64. The third kappa shape index (κ3) is 3.95. The van der Waals surface area contributed by atoms with Gasteiger partial charge in [0, 0.05) is 31.1 Å². The van der Waals surface area contributed by atoms with Crippen molar-refractivity contribution < 1.29 is 14.7 Å². The number of thiophene rings is 1. The molecule has 1 aromatic rings. The molecule has 2 heterocycles. The summed E-state index contributed by atoms with van der Waals surface area (Å²) in [5.41, 5.74) is 1.19. The first-order chi connectivity index (χ1) is 9.99. The van der Waals surface area contributed by atoms with Crippen molar-refractivity contribution in [3.8, 4) is 0 Å². The van der Waals surface area contributed by atoms with E-state index in [1.807, 2.05) is 23.3 Å². The van der Waals surface area contributed by atoms with Crippen molar-refractivity contribution in [2.45, 2.75) is 26.4 Å². The highest BCUT2D eigenvalue weighted by Crippen LogP contribution is 2.15. The van der Waals surface area contributed by atoms with Crippen molar-refractivity contribution in [3.63, 3.8) is 0 Å². The average molecular weight is 311 g/mol. The molecule has 1 atom stereocenters. The Morgan fingerprint density at radius 3 is 2.57 bits per heavy atom. The molecule has 2 rings (SSSR count). The van der Waals surface area contributed by atoms with Gasteiger partial charge in [-0.25, -0.2) is 4.79 Å². The number of carboxylic acid groups (broad SMARTS) is 1. The van der Waals surface area contributed by atoms with E-state index >= 15 is 0 Å². The Morgan fingerprint density at radius 2 is 2.05 bits per heavy atom. The normalized spacial score (nSPS) is 17.5. The average Bonchev–Trinajstić information content (AvgIpc) is 2.89. The van der Waals surface area contributed by atoms with E-state index in [4.69, 9.17) is 5.11 Å². The fraction of sp³-hybridized carbons (Fsp3) is 0.571. The van der Waals surface area contributed by atoms with Gasteiger partial charge >= 0.3 is 12.0 Å². The van der Waals surface area contributed by atoms with Crippen molar-refractivity contribution in [1.29, 1.82) is 0 Å². The number of nitrogens with one attached hydrogen (secondary N) is 1. The van der Waals surface area contributed by atoms with Gasteiger partial charge < -0.3 is 15.3 Å². The second-order valence-electron chi connectivity index (χ2n) is 5.22. The molecule has 0 bridgehead atoms. The number of carbonyl (C=O) groups is 2. The Kier molecular flexibility index (Phi) is 5.19. The summed E-state index contributed by atoms with van der Waals surface area (Å²) in [6.45, 7) is 6.58. The SMILES string of the molecule is Cc1ccsc1CNC(=O)N1CCN(C(C)C(=O)O)CC1. The smallest absolute Gasteiger partial charge is 0.320 e. The topological polar surface area (TPSA) is 72.9 Å². The lowest BCUT2D eigenvalue weighted by atomic mass is 10.2. The fourth-order valence-corrected chi connectivity index (χ4v) is 3.17. The van der Waals surface area contributed by atoms with Crippen LogP contribution in [0, 0.1) is 6.92 Å². The van der Waals surface area contributed by atoms with E-state index in [1.54, 1.807) is 23.2 Å². The maximum absolute atomic E-state index is 12.1. The summed E-state index contributed by atoms with van der Waals surface area (Å²) in [5.74, 6) is -0.818. The number of hydrogen-bond acceptors (Lipinski definition) is 4. The minimum absolute atomic E-state index is 0.0783. The molecule has 2 N–H and O–H groups in total. The number of carbonyl (C=O) groups excluding carboxylic acids is 1.